The molecule has 0 N–H and O–H groups in total. The van der Waals surface area contributed by atoms with E-state index in [1.807, 2.05) is 13.8 Å². The van der Waals surface area contributed by atoms with Gasteiger partial charge in [0.15, 0.2) is 12.1 Å². The third kappa shape index (κ3) is 7.64. The molecule has 2 heterocycles. The minimum Gasteiger partial charge on any atom is -0.469 e. The van der Waals surface area contributed by atoms with E-state index in [1.54, 1.807) is 0 Å². The second-order valence-corrected chi connectivity index (χ2v) is 8.91. The molecule has 0 saturated carbocycles. The van der Waals surface area contributed by atoms with E-state index in [4.69, 9.17) is 18.9 Å². The van der Waals surface area contributed by atoms with Crippen molar-refractivity contribution in [3.8, 4) is 0 Å². The minimum absolute atomic E-state index is 0.0161. The molecule has 0 aromatic heterocycles. The zero-order chi connectivity index (χ0) is 20.4. The van der Waals surface area contributed by atoms with Crippen LogP contribution in [0.2, 0.25) is 0 Å². The average molecular weight is 399 g/mol. The number of hydrogen-bond donors (Lipinski definition) is 0. The molecule has 0 aliphatic carbocycles. The van der Waals surface area contributed by atoms with E-state index in [2.05, 4.69) is 6.92 Å². The third-order valence-corrected chi connectivity index (χ3v) is 6.02. The Kier molecular flexibility index (Phi) is 10.2. The molecule has 0 amide bonds. The smallest absolute Gasteiger partial charge is 0.305 e. The van der Waals surface area contributed by atoms with Crippen molar-refractivity contribution >= 4 is 5.97 Å². The zero-order valence-corrected chi connectivity index (χ0v) is 18.5. The van der Waals surface area contributed by atoms with Crippen LogP contribution < -0.4 is 0 Å². The molecule has 0 spiro atoms. The summed E-state index contributed by atoms with van der Waals surface area (Å²) in [5.74, 6) is -0.834. The maximum absolute atomic E-state index is 11.8. The summed E-state index contributed by atoms with van der Waals surface area (Å²) in [5, 5.41) is 0. The van der Waals surface area contributed by atoms with Crippen LogP contribution in [-0.4, -0.2) is 37.4 Å². The van der Waals surface area contributed by atoms with Gasteiger partial charge < -0.3 is 18.9 Å². The van der Waals surface area contributed by atoms with Crippen molar-refractivity contribution in [1.82, 2.24) is 0 Å². The summed E-state index contributed by atoms with van der Waals surface area (Å²) in [6, 6.07) is 0. The Morgan fingerprint density at radius 1 is 0.893 bits per heavy atom. The van der Waals surface area contributed by atoms with Gasteiger partial charge in [-0.15, -0.1) is 0 Å². The molecule has 0 unspecified atom stereocenters. The molecule has 4 atom stereocenters. The Bertz CT molecular complexity index is 450. The van der Waals surface area contributed by atoms with E-state index < -0.39 is 5.79 Å². The number of esters is 1. The highest BCUT2D eigenvalue weighted by molar-refractivity contribution is 5.69. The van der Waals surface area contributed by atoms with Crippen molar-refractivity contribution in [3.05, 3.63) is 0 Å². The number of carbonyl (C=O) groups excluding carboxylic acids is 1. The van der Waals surface area contributed by atoms with Crippen LogP contribution >= 0.6 is 0 Å². The molecule has 2 fully saturated rings. The zero-order valence-electron chi connectivity index (χ0n) is 18.5. The summed E-state index contributed by atoms with van der Waals surface area (Å²) in [5.41, 5.74) is 0. The molecule has 0 radical (unpaired) electrons. The first-order valence-electron chi connectivity index (χ1n) is 11.5. The Morgan fingerprint density at radius 3 is 2.04 bits per heavy atom. The van der Waals surface area contributed by atoms with Crippen LogP contribution in [0.25, 0.3) is 0 Å². The van der Waals surface area contributed by atoms with Crippen molar-refractivity contribution in [2.24, 2.45) is 5.92 Å². The molecule has 0 bridgehead atoms. The Hall–Kier alpha value is -0.650. The Balaban J connectivity index is 1.61. The lowest BCUT2D eigenvalue weighted by Crippen LogP contribution is -2.32. The highest BCUT2D eigenvalue weighted by atomic mass is 16.8. The number of unbranched alkanes of at least 4 members (excludes halogenated alkanes) is 10. The molecule has 2 rings (SSSR count). The van der Waals surface area contributed by atoms with E-state index in [0.717, 1.165) is 12.8 Å². The lowest BCUT2D eigenvalue weighted by atomic mass is 9.91. The third-order valence-electron chi connectivity index (χ3n) is 6.02. The number of carbonyl (C=O) groups is 1. The lowest BCUT2D eigenvalue weighted by Gasteiger charge is -2.25. The van der Waals surface area contributed by atoms with Gasteiger partial charge in [-0.05, 0) is 20.3 Å². The van der Waals surface area contributed by atoms with Crippen LogP contribution in [0.1, 0.15) is 104 Å². The molecule has 2 aliphatic rings. The van der Waals surface area contributed by atoms with E-state index in [-0.39, 0.29) is 30.4 Å². The highest BCUT2D eigenvalue weighted by Gasteiger charge is 2.54. The SMILES string of the molecule is CCCCCCCCCCCCC[C@H]1O[C@@H]2OC(C)(C)O[C@@H]2[C@@H]1CC(=O)OC. The summed E-state index contributed by atoms with van der Waals surface area (Å²) in [6.45, 7) is 6.05. The maximum atomic E-state index is 11.8. The molecule has 2 aliphatic heterocycles. The van der Waals surface area contributed by atoms with Gasteiger partial charge in [-0.3, -0.25) is 4.79 Å². The van der Waals surface area contributed by atoms with Crippen molar-refractivity contribution in [1.29, 1.82) is 0 Å². The molecular weight excluding hydrogens is 356 g/mol. The highest BCUT2D eigenvalue weighted by Crippen LogP contribution is 2.43. The molecule has 28 heavy (non-hydrogen) atoms. The van der Waals surface area contributed by atoms with Crippen LogP contribution in [0.5, 0.6) is 0 Å². The average Bonchev–Trinajstić information content (AvgIpc) is 3.11. The monoisotopic (exact) mass is 398 g/mol. The fourth-order valence-corrected chi connectivity index (χ4v) is 4.45. The summed E-state index contributed by atoms with van der Waals surface area (Å²) in [7, 11) is 1.43. The Morgan fingerprint density at radius 2 is 1.46 bits per heavy atom. The normalized spacial score (nSPS) is 28.4. The molecule has 0 aromatic rings. The second kappa shape index (κ2) is 12.1. The fourth-order valence-electron chi connectivity index (χ4n) is 4.45. The van der Waals surface area contributed by atoms with Gasteiger partial charge in [0, 0.05) is 5.92 Å². The van der Waals surface area contributed by atoms with Gasteiger partial charge in [-0.2, -0.15) is 0 Å². The molecule has 2 saturated heterocycles. The summed E-state index contributed by atoms with van der Waals surface area (Å²) >= 11 is 0. The number of rotatable bonds is 14. The summed E-state index contributed by atoms with van der Waals surface area (Å²) < 4.78 is 22.9. The second-order valence-electron chi connectivity index (χ2n) is 8.91. The van der Waals surface area contributed by atoms with Crippen LogP contribution in [-0.2, 0) is 23.7 Å². The maximum Gasteiger partial charge on any atom is 0.305 e. The minimum atomic E-state index is -0.648. The van der Waals surface area contributed by atoms with Gasteiger partial charge in [-0.25, -0.2) is 0 Å². The van der Waals surface area contributed by atoms with Crippen LogP contribution in [0.4, 0.5) is 0 Å². The van der Waals surface area contributed by atoms with Crippen molar-refractivity contribution in [3.63, 3.8) is 0 Å². The van der Waals surface area contributed by atoms with Gasteiger partial charge in [0.1, 0.15) is 6.10 Å². The standard InChI is InChI=1S/C23H42O5/c1-5-6-7-8-9-10-11-12-13-14-15-16-19-18(17-20(24)25-4)21-22(26-19)28-23(2,3)27-21/h18-19,21-22H,5-17H2,1-4H3/t18-,19-,21-,22-/m1/s1. The van der Waals surface area contributed by atoms with E-state index in [0.29, 0.717) is 6.42 Å². The first kappa shape index (κ1) is 23.6. The predicted molar refractivity (Wildman–Crippen MR) is 110 cm³/mol. The molecule has 5 heteroatoms. The van der Waals surface area contributed by atoms with Gasteiger partial charge in [0.25, 0.3) is 0 Å². The number of ether oxygens (including phenoxy) is 4. The molecule has 0 aromatic carbocycles. The van der Waals surface area contributed by atoms with Crippen LogP contribution in [0.3, 0.4) is 0 Å². The van der Waals surface area contributed by atoms with Crippen LogP contribution in [0.15, 0.2) is 0 Å². The van der Waals surface area contributed by atoms with Gasteiger partial charge in [0.05, 0.1) is 19.6 Å². The Labute approximate surface area is 171 Å². The number of fused-ring (bicyclic) bond motifs is 1. The van der Waals surface area contributed by atoms with Crippen molar-refractivity contribution < 1.29 is 23.7 Å². The van der Waals surface area contributed by atoms with Crippen LogP contribution in [0, 0.1) is 5.92 Å². The number of hydrogen-bond acceptors (Lipinski definition) is 5. The molecular formula is C23H42O5. The molecule has 164 valence electrons. The van der Waals surface area contributed by atoms with Gasteiger partial charge >= 0.3 is 5.97 Å². The number of methoxy groups -OCH3 is 1. The predicted octanol–water partition coefficient (Wildman–Crippen LogP) is 5.74. The van der Waals surface area contributed by atoms with E-state index in [1.165, 1.54) is 71.3 Å². The summed E-state index contributed by atoms with van der Waals surface area (Å²) in [6.07, 6.45) is 15.4. The van der Waals surface area contributed by atoms with E-state index >= 15 is 0 Å². The lowest BCUT2D eigenvalue weighted by molar-refractivity contribution is -0.211. The first-order valence-corrected chi connectivity index (χ1v) is 11.5. The largest absolute Gasteiger partial charge is 0.469 e. The fraction of sp³-hybridized carbons (Fsp3) is 0.957. The van der Waals surface area contributed by atoms with Crippen molar-refractivity contribution in [2.75, 3.05) is 7.11 Å². The van der Waals surface area contributed by atoms with E-state index in [9.17, 15) is 4.79 Å². The molecule has 5 nitrogen and oxygen atoms in total. The topological polar surface area (TPSA) is 54.0 Å². The quantitative estimate of drug-likeness (QED) is 0.276. The van der Waals surface area contributed by atoms with Gasteiger partial charge in [-0.1, -0.05) is 77.6 Å². The van der Waals surface area contributed by atoms with Crippen molar-refractivity contribution in [2.45, 2.75) is 129 Å². The van der Waals surface area contributed by atoms with Gasteiger partial charge in [0.2, 0.25) is 0 Å². The summed E-state index contributed by atoms with van der Waals surface area (Å²) in [4.78, 5) is 11.8. The first-order chi connectivity index (χ1) is 13.5.